The van der Waals surface area contributed by atoms with Gasteiger partial charge in [-0.05, 0) is 43.2 Å². The summed E-state index contributed by atoms with van der Waals surface area (Å²) in [6, 6.07) is 1.72. The summed E-state index contributed by atoms with van der Waals surface area (Å²) in [5.41, 5.74) is 1.33. The summed E-state index contributed by atoms with van der Waals surface area (Å²) in [5, 5.41) is 0.412. The van der Waals surface area contributed by atoms with Crippen LogP contribution >= 0.6 is 11.6 Å². The highest BCUT2D eigenvalue weighted by atomic mass is 35.5. The summed E-state index contributed by atoms with van der Waals surface area (Å²) in [6.45, 7) is 0. The SMILES string of the molecule is FC1(F)CC(c2cc([C@H]3CC[C@@H](C(F)(F)F)CC3)c(Cl)cn2)C1. The lowest BCUT2D eigenvalue weighted by molar-refractivity contribution is -0.182. The zero-order valence-corrected chi connectivity index (χ0v) is 13.1. The van der Waals surface area contributed by atoms with E-state index in [1.807, 2.05) is 0 Å². The van der Waals surface area contributed by atoms with Gasteiger partial charge in [-0.25, -0.2) is 8.78 Å². The third-order valence-corrected chi connectivity index (χ3v) is 5.36. The first-order valence-corrected chi connectivity index (χ1v) is 8.13. The van der Waals surface area contributed by atoms with Gasteiger partial charge in [-0.3, -0.25) is 4.98 Å². The van der Waals surface area contributed by atoms with E-state index in [2.05, 4.69) is 4.98 Å². The average Bonchev–Trinajstić information content (AvgIpc) is 2.44. The number of halogens is 6. The van der Waals surface area contributed by atoms with Gasteiger partial charge in [0.2, 0.25) is 5.92 Å². The van der Waals surface area contributed by atoms with Crippen molar-refractivity contribution in [3.63, 3.8) is 0 Å². The molecule has 7 heteroatoms. The molecule has 0 bridgehead atoms. The number of aromatic nitrogens is 1. The quantitative estimate of drug-likeness (QED) is 0.587. The highest BCUT2D eigenvalue weighted by Crippen LogP contribution is 2.49. The molecule has 1 aromatic rings. The standard InChI is InChI=1S/C16H17ClF5N/c17-13-8-23-14(10-6-15(18,19)7-10)5-12(13)9-1-3-11(4-2-9)16(20,21)22/h5,8-11H,1-4,6-7H2/t9-,11+. The molecule has 0 N–H and O–H groups in total. The molecule has 2 saturated carbocycles. The Kier molecular flexibility index (Phi) is 4.32. The molecule has 0 aromatic carbocycles. The van der Waals surface area contributed by atoms with E-state index in [1.165, 1.54) is 6.20 Å². The maximum Gasteiger partial charge on any atom is 0.391 e. The first-order valence-electron chi connectivity index (χ1n) is 7.75. The lowest BCUT2D eigenvalue weighted by Crippen LogP contribution is -2.34. The Morgan fingerprint density at radius 1 is 1.04 bits per heavy atom. The number of nitrogens with zero attached hydrogens (tertiary/aromatic N) is 1. The molecule has 2 aliphatic rings. The van der Waals surface area contributed by atoms with Crippen LogP contribution in [-0.2, 0) is 0 Å². The molecule has 3 rings (SSSR count). The van der Waals surface area contributed by atoms with Crippen LogP contribution in [0.3, 0.4) is 0 Å². The summed E-state index contributed by atoms with van der Waals surface area (Å²) in [7, 11) is 0. The van der Waals surface area contributed by atoms with Crippen LogP contribution in [-0.4, -0.2) is 17.1 Å². The van der Waals surface area contributed by atoms with Crippen LogP contribution in [0.2, 0.25) is 5.02 Å². The van der Waals surface area contributed by atoms with Gasteiger partial charge in [0.25, 0.3) is 0 Å². The number of hydrogen-bond donors (Lipinski definition) is 0. The normalized spacial score (nSPS) is 28.4. The Labute approximate surface area is 136 Å². The Bertz CT molecular complexity index is 570. The second kappa shape index (κ2) is 5.87. The molecular weight excluding hydrogens is 337 g/mol. The fourth-order valence-corrected chi connectivity index (χ4v) is 3.87. The minimum atomic E-state index is -4.14. The van der Waals surface area contributed by atoms with Gasteiger partial charge < -0.3 is 0 Å². The predicted molar refractivity (Wildman–Crippen MR) is 76.9 cm³/mol. The fourth-order valence-electron chi connectivity index (χ4n) is 3.61. The Morgan fingerprint density at radius 2 is 1.65 bits per heavy atom. The van der Waals surface area contributed by atoms with Crippen molar-refractivity contribution in [3.05, 3.63) is 28.5 Å². The number of pyridine rings is 1. The van der Waals surface area contributed by atoms with Gasteiger partial charge in [0.15, 0.2) is 0 Å². The Balaban J connectivity index is 1.71. The molecule has 2 fully saturated rings. The molecule has 2 aliphatic carbocycles. The molecule has 0 amide bonds. The van der Waals surface area contributed by atoms with Crippen molar-refractivity contribution in [2.45, 2.75) is 62.5 Å². The van der Waals surface area contributed by atoms with Gasteiger partial charge in [0, 0.05) is 30.7 Å². The van der Waals surface area contributed by atoms with Crippen molar-refractivity contribution in [3.8, 4) is 0 Å². The van der Waals surface area contributed by atoms with Crippen LogP contribution in [0.15, 0.2) is 12.3 Å². The minimum Gasteiger partial charge on any atom is -0.259 e. The van der Waals surface area contributed by atoms with Crippen molar-refractivity contribution < 1.29 is 22.0 Å². The minimum absolute atomic E-state index is 0.0524. The van der Waals surface area contributed by atoms with Crippen LogP contribution in [0.5, 0.6) is 0 Å². The fraction of sp³-hybridized carbons (Fsp3) is 0.688. The van der Waals surface area contributed by atoms with Crippen LogP contribution in [0, 0.1) is 5.92 Å². The molecule has 0 saturated heterocycles. The third kappa shape index (κ3) is 3.62. The van der Waals surface area contributed by atoms with Crippen molar-refractivity contribution in [2.75, 3.05) is 0 Å². The van der Waals surface area contributed by atoms with Gasteiger partial charge in [-0.1, -0.05) is 11.6 Å². The highest BCUT2D eigenvalue weighted by Gasteiger charge is 2.47. The van der Waals surface area contributed by atoms with Crippen LogP contribution in [0.4, 0.5) is 22.0 Å². The van der Waals surface area contributed by atoms with E-state index >= 15 is 0 Å². The smallest absolute Gasteiger partial charge is 0.259 e. The van der Waals surface area contributed by atoms with Crippen molar-refractivity contribution >= 4 is 11.6 Å². The summed E-state index contributed by atoms with van der Waals surface area (Å²) < 4.78 is 64.2. The second-order valence-corrected chi connectivity index (χ2v) is 7.09. The van der Waals surface area contributed by atoms with E-state index < -0.39 is 18.0 Å². The number of alkyl halides is 5. The summed E-state index contributed by atoms with van der Waals surface area (Å²) >= 11 is 6.14. The second-order valence-electron chi connectivity index (χ2n) is 6.68. The average molecular weight is 354 g/mol. The van der Waals surface area contributed by atoms with Gasteiger partial charge in [0.05, 0.1) is 10.9 Å². The zero-order chi connectivity index (χ0) is 16.8. The predicted octanol–water partition coefficient (Wildman–Crippen LogP) is 6.08. The molecular formula is C16H17ClF5N. The molecule has 0 atom stereocenters. The molecule has 0 radical (unpaired) electrons. The Hall–Kier alpha value is -0.910. The number of rotatable bonds is 2. The molecule has 128 valence electrons. The molecule has 23 heavy (non-hydrogen) atoms. The van der Waals surface area contributed by atoms with E-state index in [9.17, 15) is 22.0 Å². The maximum atomic E-state index is 13.0. The number of hydrogen-bond acceptors (Lipinski definition) is 1. The Morgan fingerprint density at radius 3 is 2.17 bits per heavy atom. The van der Waals surface area contributed by atoms with Gasteiger partial charge in [0.1, 0.15) is 0 Å². The first-order chi connectivity index (χ1) is 10.7. The summed E-state index contributed by atoms with van der Waals surface area (Å²) in [5.74, 6) is -4.21. The molecule has 0 aliphatic heterocycles. The first kappa shape index (κ1) is 16.9. The van der Waals surface area contributed by atoms with E-state index in [0.29, 0.717) is 23.6 Å². The molecule has 0 unspecified atom stereocenters. The van der Waals surface area contributed by atoms with Crippen molar-refractivity contribution in [2.24, 2.45) is 5.92 Å². The van der Waals surface area contributed by atoms with Crippen molar-refractivity contribution in [1.82, 2.24) is 4.98 Å². The summed E-state index contributed by atoms with van der Waals surface area (Å²) in [4.78, 5) is 4.13. The largest absolute Gasteiger partial charge is 0.391 e. The van der Waals surface area contributed by atoms with E-state index in [0.717, 1.165) is 5.56 Å². The van der Waals surface area contributed by atoms with Crippen molar-refractivity contribution in [1.29, 1.82) is 0 Å². The lowest BCUT2D eigenvalue weighted by Gasteiger charge is -2.35. The summed E-state index contributed by atoms with van der Waals surface area (Å²) in [6.07, 6.45) is -2.15. The topological polar surface area (TPSA) is 12.9 Å². The van der Waals surface area contributed by atoms with Gasteiger partial charge in [-0.15, -0.1) is 0 Å². The van der Waals surface area contributed by atoms with Crippen LogP contribution < -0.4 is 0 Å². The van der Waals surface area contributed by atoms with Crippen LogP contribution in [0.25, 0.3) is 0 Å². The van der Waals surface area contributed by atoms with E-state index in [-0.39, 0.29) is 37.5 Å². The zero-order valence-electron chi connectivity index (χ0n) is 12.3. The van der Waals surface area contributed by atoms with Gasteiger partial charge >= 0.3 is 6.18 Å². The lowest BCUT2D eigenvalue weighted by atomic mass is 9.76. The highest BCUT2D eigenvalue weighted by molar-refractivity contribution is 6.31. The molecule has 1 aromatic heterocycles. The van der Waals surface area contributed by atoms with Gasteiger partial charge in [-0.2, -0.15) is 13.2 Å². The third-order valence-electron chi connectivity index (χ3n) is 5.04. The van der Waals surface area contributed by atoms with Crippen LogP contribution in [0.1, 0.15) is 61.6 Å². The molecule has 0 spiro atoms. The maximum absolute atomic E-state index is 13.0. The van der Waals surface area contributed by atoms with E-state index in [1.54, 1.807) is 6.07 Å². The van der Waals surface area contributed by atoms with E-state index in [4.69, 9.17) is 11.6 Å². The molecule has 1 nitrogen and oxygen atoms in total. The monoisotopic (exact) mass is 353 g/mol. The molecule has 1 heterocycles.